The number of carbonyl (C=O) groups is 2. The number of ether oxygens (including phenoxy) is 1. The lowest BCUT2D eigenvalue weighted by Crippen LogP contribution is -2.18. The number of rotatable bonds is 5. The van der Waals surface area contributed by atoms with Crippen molar-refractivity contribution >= 4 is 17.5 Å². The van der Waals surface area contributed by atoms with Crippen LogP contribution in [0.3, 0.4) is 0 Å². The van der Waals surface area contributed by atoms with Crippen LogP contribution >= 0.6 is 0 Å². The lowest BCUT2D eigenvalue weighted by molar-refractivity contribution is -0.117. The molecule has 0 unspecified atom stereocenters. The summed E-state index contributed by atoms with van der Waals surface area (Å²) in [5.74, 6) is 0.659. The van der Waals surface area contributed by atoms with Gasteiger partial charge in [-0.25, -0.2) is 4.98 Å². The van der Waals surface area contributed by atoms with Crippen molar-refractivity contribution in [2.75, 3.05) is 11.9 Å². The summed E-state index contributed by atoms with van der Waals surface area (Å²) in [6, 6.07) is 13.8. The summed E-state index contributed by atoms with van der Waals surface area (Å²) in [4.78, 5) is 32.4. The van der Waals surface area contributed by atoms with E-state index in [0.717, 1.165) is 46.5 Å². The maximum absolute atomic E-state index is 12.6. The molecule has 2 aliphatic rings. The summed E-state index contributed by atoms with van der Waals surface area (Å²) in [5.41, 5.74) is 5.40. The summed E-state index contributed by atoms with van der Waals surface area (Å²) in [5, 5.41) is 2.90. The van der Waals surface area contributed by atoms with Gasteiger partial charge in [0.25, 0.3) is 0 Å². The lowest BCUT2D eigenvalue weighted by Gasteiger charge is -2.13. The third-order valence-corrected chi connectivity index (χ3v) is 5.41. The Bertz CT molecular complexity index is 1080. The predicted molar refractivity (Wildman–Crippen MR) is 109 cm³/mol. The molecule has 1 aromatic carbocycles. The van der Waals surface area contributed by atoms with Crippen LogP contribution in [0.25, 0.3) is 11.3 Å². The second-order valence-electron chi connectivity index (χ2n) is 7.60. The molecule has 1 aliphatic heterocycles. The van der Waals surface area contributed by atoms with Gasteiger partial charge in [-0.15, -0.1) is 0 Å². The Hall–Kier alpha value is -3.25. The van der Waals surface area contributed by atoms with E-state index >= 15 is 0 Å². The Morgan fingerprint density at radius 1 is 1.17 bits per heavy atom. The molecule has 5 rings (SSSR count). The summed E-state index contributed by atoms with van der Waals surface area (Å²) in [6.07, 6.45) is 4.21. The number of anilines is 1. The Morgan fingerprint density at radius 2 is 2.00 bits per heavy atom. The number of hydrogen-bond acceptors (Lipinski definition) is 4. The maximum Gasteiger partial charge on any atom is 0.228 e. The van der Waals surface area contributed by atoms with E-state index in [1.165, 1.54) is 0 Å². The fourth-order valence-electron chi connectivity index (χ4n) is 3.81. The Kier molecular flexibility index (Phi) is 4.48. The van der Waals surface area contributed by atoms with E-state index in [9.17, 15) is 9.59 Å². The van der Waals surface area contributed by atoms with Gasteiger partial charge in [-0.2, -0.15) is 0 Å². The molecule has 0 atom stereocenters. The molecule has 6 nitrogen and oxygen atoms in total. The maximum atomic E-state index is 12.6. The second kappa shape index (κ2) is 7.29. The average molecular weight is 387 g/mol. The van der Waals surface area contributed by atoms with Crippen LogP contribution in [0, 0.1) is 5.92 Å². The first-order chi connectivity index (χ1) is 14.2. The quantitative estimate of drug-likeness (QED) is 0.699. The van der Waals surface area contributed by atoms with Gasteiger partial charge >= 0.3 is 0 Å². The standard InChI is InChI=1S/C23H21N3O3/c27-19-13-29-12-18-21(19)17(10-14-4-2-1-3-5-14)22(25-18)16-8-9-24-20(11-16)26-23(28)15-6-7-15/h1-5,8-9,11,15,25H,6-7,10,12-13H2,(H,24,26,28). The predicted octanol–water partition coefficient (Wildman–Crippen LogP) is 3.73. The monoisotopic (exact) mass is 387 g/mol. The molecule has 3 aromatic rings. The molecule has 1 amide bonds. The number of hydrogen-bond donors (Lipinski definition) is 2. The van der Waals surface area contributed by atoms with Crippen molar-refractivity contribution in [3.63, 3.8) is 0 Å². The SMILES string of the molecule is O=C1COCc2[nH]c(-c3ccnc(NC(=O)C4CC4)c3)c(Cc3ccccc3)c21. The molecular weight excluding hydrogens is 366 g/mol. The van der Waals surface area contributed by atoms with Crippen LogP contribution in [-0.2, 0) is 22.6 Å². The second-order valence-corrected chi connectivity index (χ2v) is 7.60. The molecule has 146 valence electrons. The van der Waals surface area contributed by atoms with Gasteiger partial charge in [-0.05, 0) is 36.1 Å². The first-order valence-electron chi connectivity index (χ1n) is 9.85. The molecule has 0 bridgehead atoms. The number of fused-ring (bicyclic) bond motifs is 1. The van der Waals surface area contributed by atoms with Crippen LogP contribution in [0.4, 0.5) is 5.82 Å². The normalized spacial score (nSPS) is 15.8. The van der Waals surface area contributed by atoms with Crippen LogP contribution in [0.15, 0.2) is 48.7 Å². The van der Waals surface area contributed by atoms with E-state index < -0.39 is 0 Å². The number of amides is 1. The molecule has 0 radical (unpaired) electrons. The minimum Gasteiger partial charge on any atom is -0.367 e. The van der Waals surface area contributed by atoms with Gasteiger partial charge in [0.1, 0.15) is 12.4 Å². The van der Waals surface area contributed by atoms with Crippen molar-refractivity contribution in [2.24, 2.45) is 5.92 Å². The third-order valence-electron chi connectivity index (χ3n) is 5.41. The number of pyridine rings is 1. The summed E-state index contributed by atoms with van der Waals surface area (Å²) in [6.45, 7) is 0.490. The summed E-state index contributed by atoms with van der Waals surface area (Å²) in [7, 11) is 0. The van der Waals surface area contributed by atoms with Crippen molar-refractivity contribution < 1.29 is 14.3 Å². The van der Waals surface area contributed by atoms with Crippen LogP contribution < -0.4 is 5.32 Å². The molecule has 0 saturated heterocycles. The smallest absolute Gasteiger partial charge is 0.228 e. The van der Waals surface area contributed by atoms with Gasteiger partial charge in [-0.3, -0.25) is 9.59 Å². The van der Waals surface area contributed by atoms with Gasteiger partial charge in [0, 0.05) is 29.7 Å². The first-order valence-corrected chi connectivity index (χ1v) is 9.85. The molecule has 2 N–H and O–H groups in total. The van der Waals surface area contributed by atoms with E-state index in [2.05, 4.69) is 27.4 Å². The van der Waals surface area contributed by atoms with Crippen LogP contribution in [0.1, 0.15) is 40.0 Å². The number of H-pyrrole nitrogens is 1. The van der Waals surface area contributed by atoms with Gasteiger partial charge in [-0.1, -0.05) is 30.3 Å². The van der Waals surface area contributed by atoms with E-state index in [-0.39, 0.29) is 24.2 Å². The zero-order valence-electron chi connectivity index (χ0n) is 15.9. The highest BCUT2D eigenvalue weighted by molar-refractivity contribution is 6.02. The molecule has 1 saturated carbocycles. The van der Waals surface area contributed by atoms with Gasteiger partial charge in [0.2, 0.25) is 5.91 Å². The van der Waals surface area contributed by atoms with E-state index in [4.69, 9.17) is 4.74 Å². The number of ketones is 1. The van der Waals surface area contributed by atoms with E-state index in [0.29, 0.717) is 18.8 Å². The highest BCUT2D eigenvalue weighted by Gasteiger charge is 2.30. The highest BCUT2D eigenvalue weighted by atomic mass is 16.5. The van der Waals surface area contributed by atoms with Crippen LogP contribution in [-0.4, -0.2) is 28.3 Å². The van der Waals surface area contributed by atoms with Crippen molar-refractivity contribution in [3.05, 3.63) is 71.0 Å². The third kappa shape index (κ3) is 3.59. The largest absolute Gasteiger partial charge is 0.367 e. The number of carbonyl (C=O) groups excluding carboxylic acids is 2. The van der Waals surface area contributed by atoms with E-state index in [1.54, 1.807) is 6.20 Å². The fourth-order valence-corrected chi connectivity index (χ4v) is 3.81. The number of nitrogens with one attached hydrogen (secondary N) is 2. The molecule has 1 fully saturated rings. The van der Waals surface area contributed by atoms with Crippen LogP contribution in [0.5, 0.6) is 0 Å². The number of aromatic nitrogens is 2. The Balaban J connectivity index is 1.55. The zero-order valence-corrected chi connectivity index (χ0v) is 15.9. The van der Waals surface area contributed by atoms with Crippen molar-refractivity contribution in [2.45, 2.75) is 25.9 Å². The van der Waals surface area contributed by atoms with Gasteiger partial charge in [0.15, 0.2) is 5.78 Å². The molecule has 1 aliphatic carbocycles. The summed E-state index contributed by atoms with van der Waals surface area (Å²) >= 11 is 0. The zero-order chi connectivity index (χ0) is 19.8. The molecule has 6 heteroatoms. The topological polar surface area (TPSA) is 84.1 Å². The molecular formula is C23H21N3O3. The first kappa shape index (κ1) is 17.8. The minimum absolute atomic E-state index is 0.00371. The molecule has 2 aromatic heterocycles. The lowest BCUT2D eigenvalue weighted by atomic mass is 9.95. The number of nitrogens with zero attached hydrogens (tertiary/aromatic N) is 1. The Morgan fingerprint density at radius 3 is 2.79 bits per heavy atom. The van der Waals surface area contributed by atoms with Crippen LogP contribution in [0.2, 0.25) is 0 Å². The number of aromatic amines is 1. The van der Waals surface area contributed by atoms with Crippen molar-refractivity contribution in [1.29, 1.82) is 0 Å². The summed E-state index contributed by atoms with van der Waals surface area (Å²) < 4.78 is 5.42. The van der Waals surface area contributed by atoms with Gasteiger partial charge < -0.3 is 15.0 Å². The molecule has 29 heavy (non-hydrogen) atoms. The molecule has 3 heterocycles. The van der Waals surface area contributed by atoms with Crippen molar-refractivity contribution in [3.8, 4) is 11.3 Å². The number of Topliss-reactive ketones (excluding diaryl/α,β-unsaturated/α-hetero) is 1. The number of benzene rings is 1. The fraction of sp³-hybridized carbons (Fsp3) is 0.261. The average Bonchev–Trinajstić information content (AvgIpc) is 3.52. The van der Waals surface area contributed by atoms with Crippen molar-refractivity contribution in [1.82, 2.24) is 9.97 Å². The highest BCUT2D eigenvalue weighted by Crippen LogP contribution is 2.34. The Labute approximate surface area is 168 Å². The van der Waals surface area contributed by atoms with E-state index in [1.807, 2.05) is 30.3 Å². The minimum atomic E-state index is -0.00371. The molecule has 0 spiro atoms. The van der Waals surface area contributed by atoms with Gasteiger partial charge in [0.05, 0.1) is 18.0 Å².